The third-order valence-electron chi connectivity index (χ3n) is 5.40. The molecule has 3 rings (SSSR count). The van der Waals surface area contributed by atoms with Crippen molar-refractivity contribution in [2.45, 2.75) is 31.8 Å². The van der Waals surface area contributed by atoms with Crippen molar-refractivity contribution in [2.24, 2.45) is 5.92 Å². The van der Waals surface area contributed by atoms with E-state index < -0.39 is 23.8 Å². The highest BCUT2D eigenvalue weighted by atomic mass is 35.5. The number of carboxylic acids is 1. The molecule has 1 fully saturated rings. The third-order valence-corrected chi connectivity index (χ3v) is 5.71. The molecule has 0 aromatic heterocycles. The molecule has 0 heterocycles. The summed E-state index contributed by atoms with van der Waals surface area (Å²) in [4.78, 5) is 48.4. The average molecular weight is 474 g/mol. The SMILES string of the molecule is O=C(NCc1cccc(O)c1)c1ccc(C(=O)N[C@@H](CNC(=O)C2CCC2)C(=O)O)c(Cl)c1. The Morgan fingerprint density at radius 2 is 1.79 bits per heavy atom. The van der Waals surface area contributed by atoms with Crippen LogP contribution < -0.4 is 16.0 Å². The largest absolute Gasteiger partial charge is 0.508 e. The van der Waals surface area contributed by atoms with Gasteiger partial charge in [-0.25, -0.2) is 4.79 Å². The first kappa shape index (κ1) is 24.1. The Bertz CT molecular complexity index is 1070. The summed E-state index contributed by atoms with van der Waals surface area (Å²) in [6.45, 7) is -0.0660. The Hall–Kier alpha value is -3.59. The van der Waals surface area contributed by atoms with Gasteiger partial charge in [-0.15, -0.1) is 0 Å². The van der Waals surface area contributed by atoms with Crippen molar-refractivity contribution in [1.29, 1.82) is 0 Å². The van der Waals surface area contributed by atoms with Crippen LogP contribution >= 0.6 is 11.6 Å². The van der Waals surface area contributed by atoms with Gasteiger partial charge in [-0.3, -0.25) is 14.4 Å². The number of carbonyl (C=O) groups excluding carboxylic acids is 3. The lowest BCUT2D eigenvalue weighted by molar-refractivity contribution is -0.139. The number of halogens is 1. The van der Waals surface area contributed by atoms with Gasteiger partial charge in [0, 0.05) is 24.6 Å². The summed E-state index contributed by atoms with van der Waals surface area (Å²) < 4.78 is 0. The number of aromatic hydroxyl groups is 1. The summed E-state index contributed by atoms with van der Waals surface area (Å²) in [5, 5.41) is 26.4. The minimum atomic E-state index is -1.33. The zero-order chi connectivity index (χ0) is 24.0. The lowest BCUT2D eigenvalue weighted by Gasteiger charge is -2.25. The van der Waals surface area contributed by atoms with Gasteiger partial charge in [0.1, 0.15) is 11.8 Å². The van der Waals surface area contributed by atoms with E-state index in [4.69, 9.17) is 11.6 Å². The van der Waals surface area contributed by atoms with Crippen molar-refractivity contribution < 1.29 is 29.4 Å². The first-order valence-corrected chi connectivity index (χ1v) is 10.8. The molecule has 174 valence electrons. The molecule has 2 aromatic rings. The molecule has 5 N–H and O–H groups in total. The van der Waals surface area contributed by atoms with Crippen molar-refractivity contribution >= 4 is 35.3 Å². The molecular weight excluding hydrogens is 450 g/mol. The molecule has 0 spiro atoms. The molecule has 2 aromatic carbocycles. The summed E-state index contributed by atoms with van der Waals surface area (Å²) in [5.74, 6) is -2.71. The summed E-state index contributed by atoms with van der Waals surface area (Å²) in [6.07, 6.45) is 2.53. The Kier molecular flexibility index (Phi) is 7.89. The fourth-order valence-corrected chi connectivity index (χ4v) is 3.51. The predicted molar refractivity (Wildman–Crippen MR) is 120 cm³/mol. The monoisotopic (exact) mass is 473 g/mol. The topological polar surface area (TPSA) is 145 Å². The standard InChI is InChI=1S/C23H24ClN3O6/c24-18-10-15(21(30)25-11-13-3-1-6-16(28)9-13)7-8-17(18)22(31)27-19(23(32)33)12-26-20(29)14-4-2-5-14/h1,3,6-10,14,19,28H,2,4-5,11-12H2,(H,25,30)(H,26,29)(H,27,31)(H,32,33)/t19-/m0/s1. The lowest BCUT2D eigenvalue weighted by Crippen LogP contribution is -2.49. The number of amides is 3. The highest BCUT2D eigenvalue weighted by Gasteiger charge is 2.28. The van der Waals surface area contributed by atoms with E-state index >= 15 is 0 Å². The second-order valence-corrected chi connectivity index (χ2v) is 8.19. The van der Waals surface area contributed by atoms with Crippen LogP contribution in [0.4, 0.5) is 0 Å². The van der Waals surface area contributed by atoms with E-state index in [1.54, 1.807) is 12.1 Å². The van der Waals surface area contributed by atoms with Crippen LogP contribution in [-0.2, 0) is 16.1 Å². The first-order valence-electron chi connectivity index (χ1n) is 10.4. The van der Waals surface area contributed by atoms with E-state index in [0.29, 0.717) is 5.56 Å². The smallest absolute Gasteiger partial charge is 0.328 e. The fraction of sp³-hybridized carbons (Fsp3) is 0.304. The van der Waals surface area contributed by atoms with Gasteiger partial charge >= 0.3 is 5.97 Å². The van der Waals surface area contributed by atoms with Crippen molar-refractivity contribution in [3.05, 3.63) is 64.2 Å². The van der Waals surface area contributed by atoms with E-state index in [9.17, 15) is 29.4 Å². The van der Waals surface area contributed by atoms with Crippen LogP contribution in [0.15, 0.2) is 42.5 Å². The molecule has 1 atom stereocenters. The molecule has 0 saturated heterocycles. The van der Waals surface area contributed by atoms with E-state index in [-0.39, 0.29) is 46.8 Å². The number of aliphatic carboxylic acids is 1. The highest BCUT2D eigenvalue weighted by molar-refractivity contribution is 6.34. The Morgan fingerprint density at radius 1 is 1.03 bits per heavy atom. The van der Waals surface area contributed by atoms with Gasteiger partial charge < -0.3 is 26.2 Å². The zero-order valence-corrected chi connectivity index (χ0v) is 18.4. The van der Waals surface area contributed by atoms with Gasteiger partial charge in [0.05, 0.1) is 10.6 Å². The minimum absolute atomic E-state index is 0.00207. The van der Waals surface area contributed by atoms with Crippen LogP contribution in [0.25, 0.3) is 0 Å². The summed E-state index contributed by atoms with van der Waals surface area (Å²) in [5.41, 5.74) is 0.909. The number of hydrogen-bond donors (Lipinski definition) is 5. The van der Waals surface area contributed by atoms with Crippen LogP contribution in [0, 0.1) is 5.92 Å². The number of carbonyl (C=O) groups is 4. The summed E-state index contributed by atoms with van der Waals surface area (Å²) >= 11 is 6.17. The maximum absolute atomic E-state index is 12.6. The lowest BCUT2D eigenvalue weighted by atomic mass is 9.85. The highest BCUT2D eigenvalue weighted by Crippen LogP contribution is 2.26. The van der Waals surface area contributed by atoms with Gasteiger partial charge in [-0.1, -0.05) is 30.2 Å². The minimum Gasteiger partial charge on any atom is -0.508 e. The molecule has 33 heavy (non-hydrogen) atoms. The quantitative estimate of drug-likeness (QED) is 0.377. The van der Waals surface area contributed by atoms with Gasteiger partial charge in [-0.2, -0.15) is 0 Å². The van der Waals surface area contributed by atoms with Crippen LogP contribution in [0.2, 0.25) is 5.02 Å². The molecule has 1 aliphatic carbocycles. The molecular formula is C23H24ClN3O6. The molecule has 9 nitrogen and oxygen atoms in total. The molecule has 1 aliphatic rings. The summed E-state index contributed by atoms with van der Waals surface area (Å²) in [6, 6.07) is 9.14. The van der Waals surface area contributed by atoms with Crippen LogP contribution in [0.3, 0.4) is 0 Å². The second-order valence-electron chi connectivity index (χ2n) is 7.78. The normalized spacial score (nSPS) is 14.0. The molecule has 0 aliphatic heterocycles. The van der Waals surface area contributed by atoms with Gasteiger partial charge in [0.25, 0.3) is 11.8 Å². The fourth-order valence-electron chi connectivity index (χ4n) is 3.24. The number of rotatable bonds is 9. The maximum atomic E-state index is 12.6. The van der Waals surface area contributed by atoms with Gasteiger partial charge in [0.2, 0.25) is 5.91 Å². The Morgan fingerprint density at radius 3 is 2.39 bits per heavy atom. The second kappa shape index (κ2) is 10.8. The van der Waals surface area contributed by atoms with Crippen molar-refractivity contribution in [1.82, 2.24) is 16.0 Å². The summed E-state index contributed by atoms with van der Waals surface area (Å²) in [7, 11) is 0. The molecule has 0 radical (unpaired) electrons. The molecule has 10 heteroatoms. The first-order chi connectivity index (χ1) is 15.7. The van der Waals surface area contributed by atoms with E-state index in [2.05, 4.69) is 16.0 Å². The number of hydrogen-bond acceptors (Lipinski definition) is 5. The number of carboxylic acid groups (broad SMARTS) is 1. The molecule has 0 unspecified atom stereocenters. The third kappa shape index (κ3) is 6.45. The number of phenols is 1. The molecule has 0 bridgehead atoms. The van der Waals surface area contributed by atoms with Crippen LogP contribution in [0.1, 0.15) is 45.5 Å². The Labute approximate surface area is 195 Å². The molecule has 3 amide bonds. The molecule has 1 saturated carbocycles. The van der Waals surface area contributed by atoms with E-state index in [1.165, 1.54) is 30.3 Å². The number of benzene rings is 2. The van der Waals surface area contributed by atoms with Crippen molar-refractivity contribution in [3.63, 3.8) is 0 Å². The number of phenolic OH excluding ortho intramolecular Hbond substituents is 1. The van der Waals surface area contributed by atoms with Crippen molar-refractivity contribution in [2.75, 3.05) is 6.54 Å². The number of nitrogens with one attached hydrogen (secondary N) is 3. The van der Waals surface area contributed by atoms with E-state index in [1.807, 2.05) is 0 Å². The Balaban J connectivity index is 1.58. The predicted octanol–water partition coefficient (Wildman–Crippen LogP) is 2.07. The van der Waals surface area contributed by atoms with Gasteiger partial charge in [-0.05, 0) is 48.7 Å². The zero-order valence-electron chi connectivity index (χ0n) is 17.6. The average Bonchev–Trinajstić information content (AvgIpc) is 2.73. The van der Waals surface area contributed by atoms with E-state index in [0.717, 1.165) is 19.3 Å². The van der Waals surface area contributed by atoms with Crippen LogP contribution in [0.5, 0.6) is 5.75 Å². The van der Waals surface area contributed by atoms with Crippen LogP contribution in [-0.4, -0.2) is 46.5 Å². The maximum Gasteiger partial charge on any atom is 0.328 e. The van der Waals surface area contributed by atoms with Gasteiger partial charge in [0.15, 0.2) is 0 Å². The van der Waals surface area contributed by atoms with Crippen molar-refractivity contribution in [3.8, 4) is 5.75 Å².